The van der Waals surface area contributed by atoms with E-state index in [1.807, 2.05) is 78.9 Å². The monoisotopic (exact) mass is 639 g/mol. The van der Waals surface area contributed by atoms with Crippen LogP contribution in [0.2, 0.25) is 0 Å². The van der Waals surface area contributed by atoms with E-state index in [0.717, 1.165) is 26.6 Å². The Morgan fingerprint density at radius 1 is 0.935 bits per heavy atom. The van der Waals surface area contributed by atoms with Crippen LogP contribution in [0, 0.1) is 0 Å². The number of pyridine rings is 1. The molecule has 1 unspecified atom stereocenters. The number of aliphatic hydroxyl groups excluding tert-OH is 1. The number of aliphatic hydroxyl groups is 1. The number of rotatable bonds is 10. The molecule has 3 aromatic carbocycles. The zero-order valence-corrected chi connectivity index (χ0v) is 25.7. The van der Waals surface area contributed by atoms with E-state index in [1.54, 1.807) is 36.2 Å². The first-order valence-corrected chi connectivity index (χ1v) is 15.9. The molecule has 2 fully saturated rings. The number of hydrogen-bond acceptors (Lipinski definition) is 9. The molecule has 10 nitrogen and oxygen atoms in total. The van der Waals surface area contributed by atoms with E-state index in [9.17, 15) is 19.5 Å². The van der Waals surface area contributed by atoms with Crippen LogP contribution >= 0.6 is 11.8 Å². The molecular formula is C35H33N3O7S. The molecule has 2 N–H and O–H groups in total. The summed E-state index contributed by atoms with van der Waals surface area (Å²) < 4.78 is 18.1. The molecule has 2 aliphatic rings. The summed E-state index contributed by atoms with van der Waals surface area (Å²) in [4.78, 5) is 44.3. The molecule has 0 spiro atoms. The van der Waals surface area contributed by atoms with E-state index >= 15 is 0 Å². The standard InChI is InChI=1S/C35H33N3O7S/c39-20-23-12-14-25(15-13-23)30-18-28(22-46-31-11-4-5-16-36-31)44-34(45-30)26-9-6-10-27(17-26)38-32(40)19-29(33(38)41)37-35(42)43-21-24-7-2-1-3-8-24/h1-17,28-30,34,39H,18-22H2,(H,37,42)/t28-,29?,30+,34+/m0/s1. The predicted molar refractivity (Wildman–Crippen MR) is 170 cm³/mol. The maximum atomic E-state index is 13.3. The Hall–Kier alpha value is -4.55. The minimum Gasteiger partial charge on any atom is -0.445 e. The number of carbonyl (C=O) groups excluding carboxylic acids is 3. The summed E-state index contributed by atoms with van der Waals surface area (Å²) in [5.41, 5.74) is 3.56. The molecule has 2 saturated heterocycles. The number of carbonyl (C=O) groups is 3. The van der Waals surface area contributed by atoms with Gasteiger partial charge in [-0.05, 0) is 41.0 Å². The van der Waals surface area contributed by atoms with Crippen molar-refractivity contribution in [3.8, 4) is 0 Å². The van der Waals surface area contributed by atoms with Crippen molar-refractivity contribution < 1.29 is 33.7 Å². The zero-order valence-electron chi connectivity index (χ0n) is 24.9. The fourth-order valence-electron chi connectivity index (χ4n) is 5.37. The SMILES string of the molecule is O=C(NC1CC(=O)N(c2cccc([C@@H]3O[C@H](CSc4ccccn4)C[C@H](c4ccc(CO)cc4)O3)c2)C1=O)OCc1ccccc1. The third kappa shape index (κ3) is 7.63. The van der Waals surface area contributed by atoms with Crippen molar-refractivity contribution in [3.05, 3.63) is 126 Å². The van der Waals surface area contributed by atoms with Crippen molar-refractivity contribution in [1.29, 1.82) is 0 Å². The minimum atomic E-state index is -1.04. The van der Waals surface area contributed by atoms with Gasteiger partial charge in [0.05, 0.1) is 35.9 Å². The van der Waals surface area contributed by atoms with Crippen molar-refractivity contribution in [3.63, 3.8) is 0 Å². The average molecular weight is 640 g/mol. The molecule has 11 heteroatoms. The lowest BCUT2D eigenvalue weighted by Gasteiger charge is -2.36. The first kappa shape index (κ1) is 31.4. The van der Waals surface area contributed by atoms with Gasteiger partial charge in [0.2, 0.25) is 5.91 Å². The number of nitrogens with one attached hydrogen (secondary N) is 1. The molecule has 0 radical (unpaired) electrons. The zero-order chi connectivity index (χ0) is 31.9. The van der Waals surface area contributed by atoms with Gasteiger partial charge in [-0.2, -0.15) is 0 Å². The van der Waals surface area contributed by atoms with E-state index in [0.29, 0.717) is 23.4 Å². The van der Waals surface area contributed by atoms with Gasteiger partial charge in [-0.3, -0.25) is 9.59 Å². The Morgan fingerprint density at radius 2 is 1.74 bits per heavy atom. The highest BCUT2D eigenvalue weighted by Gasteiger charge is 2.41. The Labute approximate surface area is 270 Å². The number of aromatic nitrogens is 1. The molecule has 4 atom stereocenters. The Balaban J connectivity index is 1.16. The van der Waals surface area contributed by atoms with Crippen molar-refractivity contribution in [2.24, 2.45) is 0 Å². The lowest BCUT2D eigenvalue weighted by atomic mass is 10.0. The summed E-state index contributed by atoms with van der Waals surface area (Å²) in [6.07, 6.45) is 0.131. The molecule has 0 aliphatic carbocycles. The van der Waals surface area contributed by atoms with Crippen LogP contribution in [-0.4, -0.2) is 45.9 Å². The van der Waals surface area contributed by atoms with Crippen LogP contribution in [0.1, 0.15) is 47.5 Å². The van der Waals surface area contributed by atoms with Gasteiger partial charge in [-0.15, -0.1) is 11.8 Å². The van der Waals surface area contributed by atoms with E-state index in [1.165, 1.54) is 0 Å². The molecule has 1 aromatic heterocycles. The van der Waals surface area contributed by atoms with Crippen LogP contribution < -0.4 is 10.2 Å². The first-order chi connectivity index (χ1) is 22.5. The summed E-state index contributed by atoms with van der Waals surface area (Å²) in [6, 6.07) is 28.5. The summed E-state index contributed by atoms with van der Waals surface area (Å²) >= 11 is 1.59. The molecule has 3 amide bonds. The molecule has 2 aliphatic heterocycles. The quantitative estimate of drug-likeness (QED) is 0.172. The van der Waals surface area contributed by atoms with Crippen LogP contribution in [0.5, 0.6) is 0 Å². The third-order valence-electron chi connectivity index (χ3n) is 7.72. The van der Waals surface area contributed by atoms with Crippen LogP contribution in [0.3, 0.4) is 0 Å². The van der Waals surface area contributed by atoms with Crippen molar-refractivity contribution in [2.75, 3.05) is 10.7 Å². The summed E-state index contributed by atoms with van der Waals surface area (Å²) in [6.45, 7) is -0.00449. The lowest BCUT2D eigenvalue weighted by Crippen LogP contribution is -2.42. The number of benzene rings is 3. The van der Waals surface area contributed by atoms with Crippen LogP contribution in [0.4, 0.5) is 10.5 Å². The maximum Gasteiger partial charge on any atom is 0.408 e. The number of ether oxygens (including phenoxy) is 3. The second-order valence-corrected chi connectivity index (χ2v) is 12.0. The molecular weight excluding hydrogens is 606 g/mol. The average Bonchev–Trinajstić information content (AvgIpc) is 3.38. The van der Waals surface area contributed by atoms with E-state index in [-0.39, 0.29) is 31.8 Å². The smallest absolute Gasteiger partial charge is 0.408 e. The van der Waals surface area contributed by atoms with Gasteiger partial charge in [-0.25, -0.2) is 14.7 Å². The van der Waals surface area contributed by atoms with Crippen LogP contribution in [0.15, 0.2) is 108 Å². The van der Waals surface area contributed by atoms with Gasteiger partial charge >= 0.3 is 6.09 Å². The molecule has 4 aromatic rings. The van der Waals surface area contributed by atoms with Gasteiger partial charge in [-0.1, -0.05) is 72.8 Å². The number of imide groups is 1. The molecule has 6 rings (SSSR count). The van der Waals surface area contributed by atoms with E-state index in [2.05, 4.69) is 10.3 Å². The normalized spacial score (nSPS) is 21.3. The highest BCUT2D eigenvalue weighted by Crippen LogP contribution is 2.40. The number of thioether (sulfide) groups is 1. The van der Waals surface area contributed by atoms with Gasteiger partial charge in [0.15, 0.2) is 6.29 Å². The highest BCUT2D eigenvalue weighted by molar-refractivity contribution is 7.99. The van der Waals surface area contributed by atoms with E-state index < -0.39 is 30.2 Å². The van der Waals surface area contributed by atoms with Gasteiger partial charge in [0, 0.05) is 23.9 Å². The summed E-state index contributed by atoms with van der Waals surface area (Å²) in [7, 11) is 0. The fourth-order valence-corrected chi connectivity index (χ4v) is 6.25. The molecule has 0 saturated carbocycles. The highest BCUT2D eigenvalue weighted by atomic mass is 32.2. The number of anilines is 1. The lowest BCUT2D eigenvalue weighted by molar-refractivity contribution is -0.245. The predicted octanol–water partition coefficient (Wildman–Crippen LogP) is 5.47. The molecule has 236 valence electrons. The molecule has 3 heterocycles. The number of amides is 3. The Bertz CT molecular complexity index is 1660. The topological polar surface area (TPSA) is 127 Å². The second kappa shape index (κ2) is 14.7. The Kier molecular flexibility index (Phi) is 10.0. The summed E-state index contributed by atoms with van der Waals surface area (Å²) in [5, 5.41) is 12.9. The number of nitrogens with zero attached hydrogens (tertiary/aromatic N) is 2. The summed E-state index contributed by atoms with van der Waals surface area (Å²) in [5.74, 6) is -0.346. The van der Waals surface area contributed by atoms with Gasteiger partial charge in [0.25, 0.3) is 5.91 Å². The van der Waals surface area contributed by atoms with Crippen LogP contribution in [0.25, 0.3) is 0 Å². The third-order valence-corrected chi connectivity index (χ3v) is 8.80. The molecule has 46 heavy (non-hydrogen) atoms. The van der Waals surface area contributed by atoms with Crippen molar-refractivity contribution in [1.82, 2.24) is 10.3 Å². The van der Waals surface area contributed by atoms with Gasteiger partial charge < -0.3 is 24.6 Å². The largest absolute Gasteiger partial charge is 0.445 e. The van der Waals surface area contributed by atoms with Crippen LogP contribution in [-0.2, 0) is 37.0 Å². The van der Waals surface area contributed by atoms with Gasteiger partial charge in [0.1, 0.15) is 12.6 Å². The minimum absolute atomic E-state index is 0.0443. The Morgan fingerprint density at radius 3 is 2.50 bits per heavy atom. The molecule has 0 bridgehead atoms. The van der Waals surface area contributed by atoms with E-state index in [4.69, 9.17) is 14.2 Å². The second-order valence-electron chi connectivity index (χ2n) is 11.0. The van der Waals surface area contributed by atoms with Crippen molar-refractivity contribution in [2.45, 2.75) is 55.6 Å². The number of hydrogen-bond donors (Lipinski definition) is 2. The maximum absolute atomic E-state index is 13.3. The number of alkyl carbamates (subject to hydrolysis) is 1. The van der Waals surface area contributed by atoms with Crippen molar-refractivity contribution >= 4 is 35.4 Å². The first-order valence-electron chi connectivity index (χ1n) is 15.0. The fraction of sp³-hybridized carbons (Fsp3) is 0.257.